The Morgan fingerprint density at radius 3 is 2.57 bits per heavy atom. The Balaban J connectivity index is 4.49. The molecule has 0 aliphatic carbocycles. The number of hydrogen-bond acceptors (Lipinski definition) is 3. The molecule has 0 aromatic heterocycles. The van der Waals surface area contributed by atoms with Gasteiger partial charge >= 0.3 is 0 Å². The number of carbonyl (C=O) groups is 1. The van der Waals surface area contributed by atoms with E-state index in [1.165, 1.54) is 0 Å². The molecule has 4 nitrogen and oxygen atoms in total. The van der Waals surface area contributed by atoms with Crippen LogP contribution in [0.4, 0.5) is 0 Å². The lowest BCUT2D eigenvalue weighted by atomic mass is 10.0. The van der Waals surface area contributed by atoms with Crippen LogP contribution < -0.4 is 5.32 Å². The summed E-state index contributed by atoms with van der Waals surface area (Å²) in [5.74, 6) is -0.0334. The van der Waals surface area contributed by atoms with Crippen molar-refractivity contribution >= 4 is 5.91 Å². The van der Waals surface area contributed by atoms with E-state index in [0.29, 0.717) is 13.1 Å². The average Bonchev–Trinajstić information content (AvgIpc) is 2.16. The largest absolute Gasteiger partial charge is 0.395 e. The maximum absolute atomic E-state index is 11.9. The van der Waals surface area contributed by atoms with Gasteiger partial charge in [0.05, 0.1) is 12.1 Å². The van der Waals surface area contributed by atoms with Crippen LogP contribution in [0.5, 0.6) is 0 Å². The zero-order valence-electron chi connectivity index (χ0n) is 9.21. The summed E-state index contributed by atoms with van der Waals surface area (Å²) in [4.78, 5) is 13.5. The third-order valence-corrected chi connectivity index (χ3v) is 2.17. The number of amides is 1. The molecule has 0 fully saturated rings. The number of aliphatic hydroxyl groups excluding tert-OH is 1. The van der Waals surface area contributed by atoms with Crippen molar-refractivity contribution in [1.29, 1.82) is 0 Å². The first-order valence-electron chi connectivity index (χ1n) is 4.69. The van der Waals surface area contributed by atoms with Crippen molar-refractivity contribution in [3.8, 4) is 0 Å². The SMILES string of the molecule is C=CCN(CCO)C(=O)C(C)(C)NC. The number of rotatable bonds is 6. The lowest BCUT2D eigenvalue weighted by Crippen LogP contribution is -2.53. The number of aliphatic hydroxyl groups is 1. The Morgan fingerprint density at radius 2 is 2.21 bits per heavy atom. The summed E-state index contributed by atoms with van der Waals surface area (Å²) >= 11 is 0. The molecule has 0 bridgehead atoms. The van der Waals surface area contributed by atoms with Gasteiger partial charge in [-0.05, 0) is 20.9 Å². The summed E-state index contributed by atoms with van der Waals surface area (Å²) in [6.07, 6.45) is 1.65. The minimum atomic E-state index is -0.599. The smallest absolute Gasteiger partial charge is 0.242 e. The fourth-order valence-corrected chi connectivity index (χ4v) is 1.05. The lowest BCUT2D eigenvalue weighted by Gasteiger charge is -2.30. The van der Waals surface area contributed by atoms with Crippen molar-refractivity contribution in [3.63, 3.8) is 0 Å². The second-order valence-electron chi connectivity index (χ2n) is 3.64. The topological polar surface area (TPSA) is 52.6 Å². The van der Waals surface area contributed by atoms with E-state index < -0.39 is 5.54 Å². The quantitative estimate of drug-likeness (QED) is 0.593. The molecule has 0 heterocycles. The molecule has 0 spiro atoms. The monoisotopic (exact) mass is 200 g/mol. The molecule has 0 aliphatic heterocycles. The first-order chi connectivity index (χ1) is 6.49. The number of carbonyl (C=O) groups excluding carboxylic acids is 1. The van der Waals surface area contributed by atoms with Crippen molar-refractivity contribution < 1.29 is 9.90 Å². The van der Waals surface area contributed by atoms with Crippen molar-refractivity contribution in [2.24, 2.45) is 0 Å². The highest BCUT2D eigenvalue weighted by atomic mass is 16.3. The third-order valence-electron chi connectivity index (χ3n) is 2.17. The summed E-state index contributed by atoms with van der Waals surface area (Å²) < 4.78 is 0. The molecule has 4 heteroatoms. The van der Waals surface area contributed by atoms with Crippen molar-refractivity contribution in [1.82, 2.24) is 10.2 Å². The Hall–Kier alpha value is -0.870. The van der Waals surface area contributed by atoms with Crippen LogP contribution in [0.3, 0.4) is 0 Å². The van der Waals surface area contributed by atoms with Gasteiger partial charge < -0.3 is 15.3 Å². The van der Waals surface area contributed by atoms with Gasteiger partial charge in [0, 0.05) is 13.1 Å². The molecule has 1 amide bonds. The van der Waals surface area contributed by atoms with E-state index >= 15 is 0 Å². The predicted molar refractivity (Wildman–Crippen MR) is 57.0 cm³/mol. The maximum atomic E-state index is 11.9. The van der Waals surface area contributed by atoms with Crippen LogP contribution >= 0.6 is 0 Å². The van der Waals surface area contributed by atoms with Gasteiger partial charge in [0.15, 0.2) is 0 Å². The maximum Gasteiger partial charge on any atom is 0.242 e. The van der Waals surface area contributed by atoms with Gasteiger partial charge in [0.2, 0.25) is 5.91 Å². The van der Waals surface area contributed by atoms with Gasteiger partial charge in [-0.3, -0.25) is 4.79 Å². The normalized spacial score (nSPS) is 11.1. The number of likely N-dealkylation sites (N-methyl/N-ethyl adjacent to an activating group) is 1. The van der Waals surface area contributed by atoms with Crippen LogP contribution in [0, 0.1) is 0 Å². The van der Waals surface area contributed by atoms with E-state index in [2.05, 4.69) is 11.9 Å². The van der Waals surface area contributed by atoms with Crippen LogP contribution in [0.15, 0.2) is 12.7 Å². The predicted octanol–water partition coefficient (Wildman–Crippen LogP) is -0.00870. The van der Waals surface area contributed by atoms with Crippen molar-refractivity contribution in [3.05, 3.63) is 12.7 Å². The number of nitrogens with one attached hydrogen (secondary N) is 1. The summed E-state index contributed by atoms with van der Waals surface area (Å²) in [7, 11) is 1.74. The van der Waals surface area contributed by atoms with Gasteiger partial charge in [-0.15, -0.1) is 6.58 Å². The third kappa shape index (κ3) is 3.47. The molecule has 0 aliphatic rings. The van der Waals surface area contributed by atoms with E-state index in [0.717, 1.165) is 0 Å². The van der Waals surface area contributed by atoms with E-state index in [1.54, 1.807) is 18.0 Å². The molecule has 0 aromatic rings. The summed E-state index contributed by atoms with van der Waals surface area (Å²) in [6.45, 7) is 7.97. The molecule has 0 rings (SSSR count). The Kier molecular flexibility index (Phi) is 5.42. The van der Waals surface area contributed by atoms with Crippen LogP contribution in [0.2, 0.25) is 0 Å². The van der Waals surface area contributed by atoms with Crippen LogP contribution in [0.1, 0.15) is 13.8 Å². The fraction of sp³-hybridized carbons (Fsp3) is 0.700. The summed E-state index contributed by atoms with van der Waals surface area (Å²) in [5, 5.41) is 11.7. The van der Waals surface area contributed by atoms with Gasteiger partial charge in [-0.25, -0.2) is 0 Å². The van der Waals surface area contributed by atoms with Crippen LogP contribution in [-0.2, 0) is 4.79 Å². The van der Waals surface area contributed by atoms with Gasteiger partial charge in [0.25, 0.3) is 0 Å². The Labute approximate surface area is 85.6 Å². The van der Waals surface area contributed by atoms with E-state index in [4.69, 9.17) is 5.11 Å². The van der Waals surface area contributed by atoms with E-state index in [9.17, 15) is 4.79 Å². The first-order valence-corrected chi connectivity index (χ1v) is 4.69. The molecule has 0 saturated carbocycles. The molecule has 14 heavy (non-hydrogen) atoms. The number of hydrogen-bond donors (Lipinski definition) is 2. The molecule has 0 atom stereocenters. The Bertz CT molecular complexity index is 202. The number of nitrogens with zero attached hydrogens (tertiary/aromatic N) is 1. The van der Waals surface area contributed by atoms with Crippen LogP contribution in [-0.4, -0.2) is 48.2 Å². The Morgan fingerprint density at radius 1 is 1.64 bits per heavy atom. The molecular weight excluding hydrogens is 180 g/mol. The second-order valence-corrected chi connectivity index (χ2v) is 3.64. The highest BCUT2D eigenvalue weighted by Crippen LogP contribution is 2.06. The summed E-state index contributed by atoms with van der Waals surface area (Å²) in [5.41, 5.74) is -0.599. The van der Waals surface area contributed by atoms with Crippen molar-refractivity contribution in [2.75, 3.05) is 26.7 Å². The molecule has 82 valence electrons. The average molecular weight is 200 g/mol. The van der Waals surface area contributed by atoms with E-state index in [-0.39, 0.29) is 12.5 Å². The van der Waals surface area contributed by atoms with Gasteiger partial charge in [-0.1, -0.05) is 6.08 Å². The minimum Gasteiger partial charge on any atom is -0.395 e. The van der Waals surface area contributed by atoms with Gasteiger partial charge in [0.1, 0.15) is 0 Å². The minimum absolute atomic E-state index is 0.0284. The molecule has 0 saturated heterocycles. The molecular formula is C10H20N2O2. The lowest BCUT2D eigenvalue weighted by molar-refractivity contribution is -0.136. The molecule has 2 N–H and O–H groups in total. The standard InChI is InChI=1S/C10H20N2O2/c1-5-6-12(7-8-13)9(14)10(2,3)11-4/h5,11,13H,1,6-8H2,2-4H3. The van der Waals surface area contributed by atoms with Crippen LogP contribution in [0.25, 0.3) is 0 Å². The molecule has 0 aromatic carbocycles. The second kappa shape index (κ2) is 5.78. The molecule has 0 unspecified atom stereocenters. The zero-order chi connectivity index (χ0) is 11.2. The highest BCUT2D eigenvalue weighted by Gasteiger charge is 2.29. The molecule has 0 radical (unpaired) electrons. The first kappa shape index (κ1) is 13.1. The van der Waals surface area contributed by atoms with Gasteiger partial charge in [-0.2, -0.15) is 0 Å². The zero-order valence-corrected chi connectivity index (χ0v) is 9.21. The highest BCUT2D eigenvalue weighted by molar-refractivity contribution is 5.85. The fourth-order valence-electron chi connectivity index (χ4n) is 1.05. The van der Waals surface area contributed by atoms with E-state index in [1.807, 2.05) is 13.8 Å². The van der Waals surface area contributed by atoms with Crippen molar-refractivity contribution in [2.45, 2.75) is 19.4 Å². The summed E-state index contributed by atoms with van der Waals surface area (Å²) in [6, 6.07) is 0.